The third-order valence-electron chi connectivity index (χ3n) is 3.90. The van der Waals surface area contributed by atoms with E-state index in [1.165, 1.54) is 17.3 Å². The summed E-state index contributed by atoms with van der Waals surface area (Å²) in [5, 5.41) is 11.3. The van der Waals surface area contributed by atoms with Crippen molar-refractivity contribution in [1.82, 2.24) is 34.5 Å². The van der Waals surface area contributed by atoms with Gasteiger partial charge in [-0.05, 0) is 44.2 Å². The lowest BCUT2D eigenvalue weighted by molar-refractivity contribution is 0.102. The number of nitrogens with one attached hydrogen (secondary N) is 1. The second-order valence-corrected chi connectivity index (χ2v) is 5.91. The molecule has 0 radical (unpaired) electrons. The molecule has 1 N–H and O–H groups in total. The van der Waals surface area contributed by atoms with Crippen LogP contribution in [0.1, 0.15) is 21.7 Å². The summed E-state index contributed by atoms with van der Waals surface area (Å²) in [6, 6.07) is 8.93. The number of hydrogen-bond donors (Lipinski definition) is 1. The summed E-state index contributed by atoms with van der Waals surface area (Å²) in [6.07, 6.45) is 6.07. The van der Waals surface area contributed by atoms with Gasteiger partial charge < -0.3 is 5.32 Å². The molecule has 4 aromatic heterocycles. The first-order valence-corrected chi connectivity index (χ1v) is 8.23. The van der Waals surface area contributed by atoms with Crippen LogP contribution in [0.5, 0.6) is 0 Å². The number of carbonyl (C=O) groups excluding carboxylic acids is 1. The monoisotopic (exact) mass is 360 g/mol. The van der Waals surface area contributed by atoms with Crippen molar-refractivity contribution in [3.8, 4) is 11.6 Å². The van der Waals surface area contributed by atoms with Crippen molar-refractivity contribution < 1.29 is 4.79 Å². The molecule has 0 fully saturated rings. The standard InChI is InChI=1S/C18H16N8O/c1-12-8-13(2)26(24-12)16-6-5-14(9-21-16)23-18(27)15-4-3-7-20-17(15)25-11-19-10-22-25/h3-11H,1-2H3,(H,23,27). The first kappa shape index (κ1) is 16.6. The van der Waals surface area contributed by atoms with Crippen molar-refractivity contribution in [2.45, 2.75) is 13.8 Å². The van der Waals surface area contributed by atoms with Crippen molar-refractivity contribution in [1.29, 1.82) is 0 Å². The average molecular weight is 360 g/mol. The minimum Gasteiger partial charge on any atom is -0.320 e. The van der Waals surface area contributed by atoms with E-state index in [4.69, 9.17) is 0 Å². The van der Waals surface area contributed by atoms with Gasteiger partial charge in [-0.3, -0.25) is 4.79 Å². The first-order valence-electron chi connectivity index (χ1n) is 8.23. The third-order valence-corrected chi connectivity index (χ3v) is 3.90. The highest BCUT2D eigenvalue weighted by Gasteiger charge is 2.15. The minimum atomic E-state index is -0.311. The van der Waals surface area contributed by atoms with Gasteiger partial charge >= 0.3 is 0 Å². The molecule has 0 bridgehead atoms. The predicted octanol–water partition coefficient (Wildman–Crippen LogP) is 2.11. The van der Waals surface area contributed by atoms with Gasteiger partial charge in [0.05, 0.1) is 23.1 Å². The Bertz CT molecular complexity index is 1080. The molecule has 1 amide bonds. The summed E-state index contributed by atoms with van der Waals surface area (Å²) >= 11 is 0. The Kier molecular flexibility index (Phi) is 4.17. The maximum absolute atomic E-state index is 12.7. The average Bonchev–Trinajstić information content (AvgIpc) is 3.32. The van der Waals surface area contributed by atoms with Crippen molar-refractivity contribution in [3.63, 3.8) is 0 Å². The van der Waals surface area contributed by atoms with E-state index >= 15 is 0 Å². The molecule has 0 saturated carbocycles. The molecule has 0 aliphatic rings. The lowest BCUT2D eigenvalue weighted by Crippen LogP contribution is -2.16. The quantitative estimate of drug-likeness (QED) is 0.598. The molecule has 4 aromatic rings. The normalized spacial score (nSPS) is 10.7. The van der Waals surface area contributed by atoms with Crippen LogP contribution >= 0.6 is 0 Å². The molecule has 0 atom stereocenters. The van der Waals surface area contributed by atoms with E-state index < -0.39 is 0 Å². The van der Waals surface area contributed by atoms with Crippen molar-refractivity contribution >= 4 is 11.6 Å². The summed E-state index contributed by atoms with van der Waals surface area (Å²) < 4.78 is 3.20. The summed E-state index contributed by atoms with van der Waals surface area (Å²) in [7, 11) is 0. The van der Waals surface area contributed by atoms with Gasteiger partial charge in [0.15, 0.2) is 11.6 Å². The van der Waals surface area contributed by atoms with Gasteiger partial charge in [0.25, 0.3) is 5.91 Å². The van der Waals surface area contributed by atoms with Crippen molar-refractivity contribution in [2.24, 2.45) is 0 Å². The topological polar surface area (TPSA) is 103 Å². The van der Waals surface area contributed by atoms with Crippen LogP contribution in [-0.2, 0) is 0 Å². The molecular formula is C18H16N8O. The summed E-state index contributed by atoms with van der Waals surface area (Å²) in [4.78, 5) is 25.2. The summed E-state index contributed by atoms with van der Waals surface area (Å²) in [6.45, 7) is 3.89. The van der Waals surface area contributed by atoms with Gasteiger partial charge in [-0.25, -0.2) is 24.3 Å². The van der Waals surface area contributed by atoms with Crippen LogP contribution in [0.4, 0.5) is 5.69 Å². The highest BCUT2D eigenvalue weighted by Crippen LogP contribution is 2.15. The molecule has 0 aliphatic carbocycles. The van der Waals surface area contributed by atoms with E-state index in [1.54, 1.807) is 41.3 Å². The number of aryl methyl sites for hydroxylation is 2. The van der Waals surface area contributed by atoms with Crippen LogP contribution in [0.25, 0.3) is 11.6 Å². The lowest BCUT2D eigenvalue weighted by Gasteiger charge is -2.09. The SMILES string of the molecule is Cc1cc(C)n(-c2ccc(NC(=O)c3cccnc3-n3cncn3)cn2)n1. The lowest BCUT2D eigenvalue weighted by atomic mass is 10.2. The maximum Gasteiger partial charge on any atom is 0.259 e. The van der Waals surface area contributed by atoms with E-state index in [0.717, 1.165) is 11.4 Å². The minimum absolute atomic E-state index is 0.311. The number of aromatic nitrogens is 7. The molecule has 0 aliphatic heterocycles. The molecule has 4 heterocycles. The number of carbonyl (C=O) groups is 1. The van der Waals surface area contributed by atoms with Gasteiger partial charge in [0.1, 0.15) is 12.7 Å². The van der Waals surface area contributed by atoms with E-state index in [2.05, 4.69) is 30.5 Å². The fraction of sp³-hybridized carbons (Fsp3) is 0.111. The Hall–Kier alpha value is -3.88. The largest absolute Gasteiger partial charge is 0.320 e. The van der Waals surface area contributed by atoms with E-state index in [1.807, 2.05) is 19.9 Å². The Morgan fingerprint density at radius 3 is 2.70 bits per heavy atom. The number of rotatable bonds is 4. The first-order chi connectivity index (χ1) is 13.1. The number of pyridine rings is 2. The van der Waals surface area contributed by atoms with E-state index in [0.29, 0.717) is 22.9 Å². The molecule has 0 unspecified atom stereocenters. The van der Waals surface area contributed by atoms with E-state index in [-0.39, 0.29) is 5.91 Å². The molecule has 9 nitrogen and oxygen atoms in total. The fourth-order valence-electron chi connectivity index (χ4n) is 2.72. The van der Waals surface area contributed by atoms with Crippen LogP contribution in [0.2, 0.25) is 0 Å². The van der Waals surface area contributed by atoms with Crippen LogP contribution in [-0.4, -0.2) is 40.4 Å². The van der Waals surface area contributed by atoms with Gasteiger partial charge in [-0.1, -0.05) is 0 Å². The number of hydrogen-bond acceptors (Lipinski definition) is 6. The second kappa shape index (κ2) is 6.79. The Morgan fingerprint density at radius 1 is 1.15 bits per heavy atom. The molecule has 27 heavy (non-hydrogen) atoms. The molecular weight excluding hydrogens is 344 g/mol. The zero-order valence-corrected chi connectivity index (χ0v) is 14.7. The smallest absolute Gasteiger partial charge is 0.259 e. The predicted molar refractivity (Wildman–Crippen MR) is 97.9 cm³/mol. The zero-order chi connectivity index (χ0) is 18.8. The summed E-state index contributed by atoms with van der Waals surface area (Å²) in [5.41, 5.74) is 2.86. The van der Waals surface area contributed by atoms with Crippen LogP contribution in [0, 0.1) is 13.8 Å². The van der Waals surface area contributed by atoms with Gasteiger partial charge in [0, 0.05) is 11.9 Å². The Balaban J connectivity index is 1.57. The fourth-order valence-corrected chi connectivity index (χ4v) is 2.72. The number of nitrogens with zero attached hydrogens (tertiary/aromatic N) is 7. The van der Waals surface area contributed by atoms with Crippen LogP contribution in [0.15, 0.2) is 55.4 Å². The van der Waals surface area contributed by atoms with Crippen LogP contribution in [0.3, 0.4) is 0 Å². The Morgan fingerprint density at radius 2 is 2.04 bits per heavy atom. The van der Waals surface area contributed by atoms with E-state index in [9.17, 15) is 4.79 Å². The van der Waals surface area contributed by atoms with Crippen molar-refractivity contribution in [2.75, 3.05) is 5.32 Å². The maximum atomic E-state index is 12.7. The van der Waals surface area contributed by atoms with Gasteiger partial charge in [0.2, 0.25) is 0 Å². The number of amides is 1. The molecule has 0 aromatic carbocycles. The highest BCUT2D eigenvalue weighted by atomic mass is 16.1. The Labute approximate surface area is 154 Å². The molecule has 4 rings (SSSR count). The van der Waals surface area contributed by atoms with Crippen molar-refractivity contribution in [3.05, 3.63) is 72.3 Å². The zero-order valence-electron chi connectivity index (χ0n) is 14.7. The summed E-state index contributed by atoms with van der Waals surface area (Å²) in [5.74, 6) is 0.775. The van der Waals surface area contributed by atoms with Gasteiger partial charge in [-0.2, -0.15) is 10.2 Å². The molecule has 134 valence electrons. The second-order valence-electron chi connectivity index (χ2n) is 5.91. The number of anilines is 1. The third kappa shape index (κ3) is 3.30. The van der Waals surface area contributed by atoms with Gasteiger partial charge in [-0.15, -0.1) is 0 Å². The molecule has 0 spiro atoms. The van der Waals surface area contributed by atoms with Crippen LogP contribution < -0.4 is 5.32 Å². The highest BCUT2D eigenvalue weighted by molar-refractivity contribution is 6.06. The molecule has 0 saturated heterocycles. The molecule has 9 heteroatoms.